The quantitative estimate of drug-likeness (QED) is 0.413. The number of carboxylic acid groups (broad SMARTS) is 2. The van der Waals surface area contributed by atoms with E-state index in [1.807, 2.05) is 30.0 Å². The number of aliphatic carboxylic acids is 2. The van der Waals surface area contributed by atoms with Crippen LogP contribution in [0.4, 0.5) is 5.69 Å². The molecule has 0 aliphatic carbocycles. The summed E-state index contributed by atoms with van der Waals surface area (Å²) in [4.78, 5) is 53.3. The molecule has 1 atom stereocenters. The Labute approximate surface area is 208 Å². The van der Waals surface area contributed by atoms with Gasteiger partial charge in [0.25, 0.3) is 5.91 Å². The molecule has 1 unspecified atom stereocenters. The Morgan fingerprint density at radius 2 is 1.78 bits per heavy atom. The van der Waals surface area contributed by atoms with Crippen LogP contribution in [0.2, 0.25) is 0 Å². The molecule has 1 aliphatic heterocycles. The third-order valence-electron chi connectivity index (χ3n) is 5.68. The molecule has 3 rings (SSSR count). The zero-order chi connectivity index (χ0) is 26.2. The standard InChI is InChI=1S/C27H27N3O6/c1-3-12-30(16-19-6-9-22-21(14-19)24(31)13-17(2)28-22)15-18-4-7-20(8-5-18)26(34)29-23(27(35)36)10-11-25(32)33/h1,4-9,14,23H,10-13,15-16H2,2H3,(H,29,34)(H,32,33)(H,35,36). The minimum Gasteiger partial charge on any atom is -0.481 e. The van der Waals surface area contributed by atoms with Crippen LogP contribution < -0.4 is 5.32 Å². The van der Waals surface area contributed by atoms with Crippen molar-refractivity contribution in [3.8, 4) is 12.3 Å². The third-order valence-corrected chi connectivity index (χ3v) is 5.68. The Hall–Kier alpha value is -4.29. The molecule has 0 radical (unpaired) electrons. The molecule has 0 saturated carbocycles. The van der Waals surface area contributed by atoms with Gasteiger partial charge in [-0.1, -0.05) is 24.1 Å². The fourth-order valence-corrected chi connectivity index (χ4v) is 3.92. The van der Waals surface area contributed by atoms with Crippen molar-refractivity contribution in [1.82, 2.24) is 10.2 Å². The molecular weight excluding hydrogens is 462 g/mol. The van der Waals surface area contributed by atoms with Gasteiger partial charge in [-0.3, -0.25) is 24.3 Å². The van der Waals surface area contributed by atoms with E-state index in [9.17, 15) is 24.3 Å². The first-order valence-electron chi connectivity index (χ1n) is 11.4. The van der Waals surface area contributed by atoms with E-state index in [1.54, 1.807) is 24.3 Å². The highest BCUT2D eigenvalue weighted by Crippen LogP contribution is 2.27. The molecule has 0 spiro atoms. The largest absolute Gasteiger partial charge is 0.481 e. The summed E-state index contributed by atoms with van der Waals surface area (Å²) in [5.74, 6) is -0.343. The summed E-state index contributed by atoms with van der Waals surface area (Å²) >= 11 is 0. The number of terminal acetylenes is 1. The molecule has 9 heteroatoms. The normalized spacial score (nSPS) is 13.4. The van der Waals surface area contributed by atoms with Crippen LogP contribution in [0.1, 0.15) is 58.0 Å². The molecule has 1 aliphatic rings. The number of carbonyl (C=O) groups excluding carboxylic acids is 2. The maximum atomic E-state index is 12.5. The Bertz CT molecular complexity index is 1240. The lowest BCUT2D eigenvalue weighted by molar-refractivity contribution is -0.140. The van der Waals surface area contributed by atoms with Gasteiger partial charge in [-0.15, -0.1) is 6.42 Å². The molecule has 1 heterocycles. The number of hydrogen-bond acceptors (Lipinski definition) is 6. The minimum atomic E-state index is -1.29. The van der Waals surface area contributed by atoms with Crippen molar-refractivity contribution in [2.24, 2.45) is 4.99 Å². The second-order valence-electron chi connectivity index (χ2n) is 8.64. The number of rotatable bonds is 11. The summed E-state index contributed by atoms with van der Waals surface area (Å²) in [6.07, 6.45) is 5.30. The number of nitrogens with zero attached hydrogens (tertiary/aromatic N) is 2. The number of fused-ring (bicyclic) bond motifs is 1. The van der Waals surface area contributed by atoms with Crippen LogP contribution >= 0.6 is 0 Å². The van der Waals surface area contributed by atoms with Gasteiger partial charge in [0.1, 0.15) is 6.04 Å². The average Bonchev–Trinajstić information content (AvgIpc) is 2.82. The van der Waals surface area contributed by atoms with E-state index >= 15 is 0 Å². The van der Waals surface area contributed by atoms with E-state index in [1.165, 1.54) is 0 Å². The van der Waals surface area contributed by atoms with Gasteiger partial charge in [0.05, 0.1) is 12.2 Å². The van der Waals surface area contributed by atoms with Gasteiger partial charge < -0.3 is 15.5 Å². The number of ketones is 1. The zero-order valence-electron chi connectivity index (χ0n) is 19.9. The fraction of sp³-hybridized carbons (Fsp3) is 0.296. The van der Waals surface area contributed by atoms with Gasteiger partial charge in [0.2, 0.25) is 0 Å². The number of hydrogen-bond donors (Lipinski definition) is 3. The first kappa shape index (κ1) is 26.3. The van der Waals surface area contributed by atoms with Crippen LogP contribution in [0.3, 0.4) is 0 Å². The SMILES string of the molecule is C#CCN(Cc1ccc(C(=O)NC(CCC(=O)O)C(=O)O)cc1)Cc1ccc2c(c1)C(=O)CC(C)=N2. The van der Waals surface area contributed by atoms with E-state index in [2.05, 4.69) is 16.2 Å². The van der Waals surface area contributed by atoms with Crippen molar-refractivity contribution in [3.63, 3.8) is 0 Å². The summed E-state index contributed by atoms with van der Waals surface area (Å²) in [5.41, 5.74) is 4.16. The number of aliphatic imine (C=N–C) groups is 1. The number of carbonyl (C=O) groups is 4. The highest BCUT2D eigenvalue weighted by Gasteiger charge is 2.22. The first-order valence-corrected chi connectivity index (χ1v) is 11.4. The summed E-state index contributed by atoms with van der Waals surface area (Å²) in [6.45, 7) is 3.21. The van der Waals surface area contributed by atoms with Crippen LogP contribution in [0.5, 0.6) is 0 Å². The molecular formula is C27H27N3O6. The molecule has 2 aromatic carbocycles. The highest BCUT2D eigenvalue weighted by molar-refractivity contribution is 6.15. The van der Waals surface area contributed by atoms with Crippen molar-refractivity contribution < 1.29 is 29.4 Å². The molecule has 0 bridgehead atoms. The van der Waals surface area contributed by atoms with Crippen LogP contribution in [0.25, 0.3) is 0 Å². The molecule has 36 heavy (non-hydrogen) atoms. The first-order chi connectivity index (χ1) is 17.2. The van der Waals surface area contributed by atoms with E-state index in [0.29, 0.717) is 37.3 Å². The lowest BCUT2D eigenvalue weighted by Crippen LogP contribution is -2.41. The number of nitrogens with one attached hydrogen (secondary N) is 1. The zero-order valence-corrected chi connectivity index (χ0v) is 19.9. The minimum absolute atomic E-state index is 0.0461. The Morgan fingerprint density at radius 1 is 1.11 bits per heavy atom. The maximum Gasteiger partial charge on any atom is 0.326 e. The summed E-state index contributed by atoms with van der Waals surface area (Å²) < 4.78 is 0. The van der Waals surface area contributed by atoms with Crippen LogP contribution in [-0.2, 0) is 22.7 Å². The molecule has 9 nitrogen and oxygen atoms in total. The van der Waals surface area contributed by atoms with Crippen LogP contribution in [0, 0.1) is 12.3 Å². The summed E-state index contributed by atoms with van der Waals surface area (Å²) in [6, 6.07) is 11.0. The smallest absolute Gasteiger partial charge is 0.326 e. The van der Waals surface area contributed by atoms with Crippen molar-refractivity contribution in [2.75, 3.05) is 6.54 Å². The average molecular weight is 490 g/mol. The summed E-state index contributed by atoms with van der Waals surface area (Å²) in [7, 11) is 0. The van der Waals surface area contributed by atoms with Crippen LogP contribution in [-0.4, -0.2) is 57.0 Å². The Morgan fingerprint density at radius 3 is 2.42 bits per heavy atom. The maximum absolute atomic E-state index is 12.5. The van der Waals surface area contributed by atoms with E-state index in [-0.39, 0.29) is 24.2 Å². The van der Waals surface area contributed by atoms with Gasteiger partial charge in [0, 0.05) is 42.8 Å². The number of benzene rings is 2. The van der Waals surface area contributed by atoms with Gasteiger partial charge in [-0.25, -0.2) is 4.79 Å². The van der Waals surface area contributed by atoms with Gasteiger partial charge in [0.15, 0.2) is 5.78 Å². The predicted octanol–water partition coefficient (Wildman–Crippen LogP) is 3.05. The van der Waals surface area contributed by atoms with Crippen molar-refractivity contribution in [3.05, 3.63) is 64.7 Å². The van der Waals surface area contributed by atoms with E-state index in [4.69, 9.17) is 11.5 Å². The Kier molecular flexibility index (Phi) is 8.71. The molecule has 186 valence electrons. The van der Waals surface area contributed by atoms with Crippen molar-refractivity contribution in [2.45, 2.75) is 45.3 Å². The van der Waals surface area contributed by atoms with E-state index < -0.39 is 23.9 Å². The monoisotopic (exact) mass is 489 g/mol. The highest BCUT2D eigenvalue weighted by atomic mass is 16.4. The molecule has 3 N–H and O–H groups in total. The molecule has 0 saturated heterocycles. The molecule has 1 amide bonds. The fourth-order valence-electron chi connectivity index (χ4n) is 3.92. The van der Waals surface area contributed by atoms with E-state index in [0.717, 1.165) is 16.8 Å². The topological polar surface area (TPSA) is 136 Å². The van der Waals surface area contributed by atoms with Crippen molar-refractivity contribution in [1.29, 1.82) is 0 Å². The van der Waals surface area contributed by atoms with Gasteiger partial charge >= 0.3 is 11.9 Å². The number of amides is 1. The second-order valence-corrected chi connectivity index (χ2v) is 8.64. The van der Waals surface area contributed by atoms with Gasteiger partial charge in [-0.2, -0.15) is 0 Å². The molecule has 2 aromatic rings. The van der Waals surface area contributed by atoms with Gasteiger partial charge in [-0.05, 0) is 48.7 Å². The lowest BCUT2D eigenvalue weighted by atomic mass is 9.98. The van der Waals surface area contributed by atoms with Crippen LogP contribution in [0.15, 0.2) is 47.5 Å². The Balaban J connectivity index is 1.66. The molecule has 0 aromatic heterocycles. The lowest BCUT2D eigenvalue weighted by Gasteiger charge is -2.21. The number of Topliss-reactive ketones (excluding diaryl/α,β-unsaturated/α-hetero) is 1. The molecule has 0 fully saturated rings. The predicted molar refractivity (Wildman–Crippen MR) is 133 cm³/mol. The summed E-state index contributed by atoms with van der Waals surface area (Å²) in [5, 5.41) is 20.4. The second kappa shape index (κ2) is 11.9. The number of carboxylic acids is 2. The third kappa shape index (κ3) is 7.10. The van der Waals surface area contributed by atoms with Crippen molar-refractivity contribution >= 4 is 35.0 Å².